The SMILES string of the molecule is CC(C)(CNC(=O)NC(C)(C)C)CC(=O)O. The van der Waals surface area contributed by atoms with Gasteiger partial charge >= 0.3 is 12.0 Å². The van der Waals surface area contributed by atoms with Crippen LogP contribution in [0.1, 0.15) is 41.0 Å². The van der Waals surface area contributed by atoms with Gasteiger partial charge in [0, 0.05) is 12.1 Å². The van der Waals surface area contributed by atoms with Crippen LogP contribution in [0.3, 0.4) is 0 Å². The Hall–Kier alpha value is -1.26. The molecule has 0 aliphatic rings. The van der Waals surface area contributed by atoms with Gasteiger partial charge in [0.2, 0.25) is 0 Å². The molecule has 0 saturated heterocycles. The Bertz CT molecular complexity index is 267. The minimum atomic E-state index is -0.858. The van der Waals surface area contributed by atoms with Crippen molar-refractivity contribution in [1.82, 2.24) is 10.6 Å². The van der Waals surface area contributed by atoms with Crippen molar-refractivity contribution in [3.05, 3.63) is 0 Å². The van der Waals surface area contributed by atoms with Gasteiger partial charge in [0.25, 0.3) is 0 Å². The lowest BCUT2D eigenvalue weighted by Crippen LogP contribution is -2.48. The number of nitrogens with one attached hydrogen (secondary N) is 2. The zero-order chi connectivity index (χ0) is 13.0. The number of hydrogen-bond donors (Lipinski definition) is 3. The van der Waals surface area contributed by atoms with Crippen molar-refractivity contribution in [3.63, 3.8) is 0 Å². The molecule has 5 nitrogen and oxygen atoms in total. The van der Waals surface area contributed by atoms with E-state index >= 15 is 0 Å². The highest BCUT2D eigenvalue weighted by molar-refractivity contribution is 5.74. The van der Waals surface area contributed by atoms with Crippen molar-refractivity contribution in [2.75, 3.05) is 6.54 Å². The van der Waals surface area contributed by atoms with Crippen molar-refractivity contribution in [2.45, 2.75) is 46.6 Å². The number of carbonyl (C=O) groups excluding carboxylic acids is 1. The Morgan fingerprint density at radius 2 is 1.62 bits per heavy atom. The molecule has 0 aliphatic carbocycles. The van der Waals surface area contributed by atoms with E-state index in [0.29, 0.717) is 6.54 Å². The number of amides is 2. The van der Waals surface area contributed by atoms with Gasteiger partial charge in [-0.25, -0.2) is 4.79 Å². The normalized spacial score (nSPS) is 12.1. The fourth-order valence-electron chi connectivity index (χ4n) is 1.18. The van der Waals surface area contributed by atoms with E-state index in [1.54, 1.807) is 13.8 Å². The highest BCUT2D eigenvalue weighted by Crippen LogP contribution is 2.18. The predicted octanol–water partition coefficient (Wildman–Crippen LogP) is 1.58. The summed E-state index contributed by atoms with van der Waals surface area (Å²) in [6, 6.07) is -0.272. The molecule has 0 fully saturated rings. The van der Waals surface area contributed by atoms with Crippen molar-refractivity contribution in [2.24, 2.45) is 5.41 Å². The van der Waals surface area contributed by atoms with Gasteiger partial charge in [0.1, 0.15) is 0 Å². The quantitative estimate of drug-likeness (QED) is 0.686. The number of rotatable bonds is 4. The fourth-order valence-corrected chi connectivity index (χ4v) is 1.18. The summed E-state index contributed by atoms with van der Waals surface area (Å²) in [6.45, 7) is 9.59. The van der Waals surface area contributed by atoms with Crippen LogP contribution in [-0.4, -0.2) is 29.2 Å². The van der Waals surface area contributed by atoms with Crippen LogP contribution in [0.15, 0.2) is 0 Å². The van der Waals surface area contributed by atoms with Gasteiger partial charge in [-0.3, -0.25) is 4.79 Å². The standard InChI is InChI=1S/C11H22N2O3/c1-10(2,3)13-9(16)12-7-11(4,5)6-8(14)15/h6-7H2,1-5H3,(H,14,15)(H2,12,13,16). The maximum absolute atomic E-state index is 11.4. The Morgan fingerprint density at radius 3 is 2.00 bits per heavy atom. The van der Waals surface area contributed by atoms with Crippen LogP contribution in [0.4, 0.5) is 4.79 Å². The van der Waals surface area contributed by atoms with Gasteiger partial charge in [-0.2, -0.15) is 0 Å². The second-order valence-corrected chi connectivity index (χ2v) is 5.79. The molecular weight excluding hydrogens is 208 g/mol. The van der Waals surface area contributed by atoms with Crippen molar-refractivity contribution < 1.29 is 14.7 Å². The van der Waals surface area contributed by atoms with Crippen LogP contribution in [0.25, 0.3) is 0 Å². The first-order valence-electron chi connectivity index (χ1n) is 5.30. The van der Waals surface area contributed by atoms with Gasteiger partial charge in [0.15, 0.2) is 0 Å². The van der Waals surface area contributed by atoms with E-state index in [-0.39, 0.29) is 18.0 Å². The van der Waals surface area contributed by atoms with Crippen LogP contribution in [0.2, 0.25) is 0 Å². The molecule has 0 saturated carbocycles. The summed E-state index contributed by atoms with van der Waals surface area (Å²) in [5.74, 6) is -0.858. The molecule has 0 aromatic rings. The highest BCUT2D eigenvalue weighted by atomic mass is 16.4. The number of aliphatic carboxylic acids is 1. The molecule has 0 unspecified atom stereocenters. The Labute approximate surface area is 96.6 Å². The molecule has 2 amide bonds. The molecule has 0 aromatic carbocycles. The average molecular weight is 230 g/mol. The van der Waals surface area contributed by atoms with Crippen LogP contribution < -0.4 is 10.6 Å². The number of carbonyl (C=O) groups is 2. The molecule has 16 heavy (non-hydrogen) atoms. The van der Waals surface area contributed by atoms with Crippen molar-refractivity contribution in [1.29, 1.82) is 0 Å². The summed E-state index contributed by atoms with van der Waals surface area (Å²) in [5, 5.41) is 14.1. The van der Waals surface area contributed by atoms with E-state index < -0.39 is 11.4 Å². The fraction of sp³-hybridized carbons (Fsp3) is 0.818. The van der Waals surface area contributed by atoms with Crippen LogP contribution >= 0.6 is 0 Å². The van der Waals surface area contributed by atoms with E-state index in [1.165, 1.54) is 0 Å². The lowest BCUT2D eigenvalue weighted by Gasteiger charge is -2.25. The molecule has 0 aromatic heterocycles. The van der Waals surface area contributed by atoms with E-state index in [9.17, 15) is 9.59 Å². The second kappa shape index (κ2) is 5.18. The molecule has 0 spiro atoms. The second-order valence-electron chi connectivity index (χ2n) is 5.79. The Kier molecular flexibility index (Phi) is 4.78. The zero-order valence-electron chi connectivity index (χ0n) is 10.7. The van der Waals surface area contributed by atoms with Gasteiger partial charge in [-0.1, -0.05) is 13.8 Å². The summed E-state index contributed by atoms with van der Waals surface area (Å²) in [5.41, 5.74) is -0.734. The lowest BCUT2D eigenvalue weighted by atomic mass is 9.89. The topological polar surface area (TPSA) is 78.4 Å². The molecule has 0 aliphatic heterocycles. The molecule has 0 atom stereocenters. The molecular formula is C11H22N2O3. The molecule has 3 N–H and O–H groups in total. The van der Waals surface area contributed by atoms with E-state index in [0.717, 1.165) is 0 Å². The number of hydrogen-bond acceptors (Lipinski definition) is 2. The van der Waals surface area contributed by atoms with E-state index in [2.05, 4.69) is 10.6 Å². The summed E-state index contributed by atoms with van der Waals surface area (Å²) < 4.78 is 0. The first-order valence-corrected chi connectivity index (χ1v) is 5.30. The summed E-state index contributed by atoms with van der Waals surface area (Å²) in [7, 11) is 0. The van der Waals surface area contributed by atoms with Crippen LogP contribution in [0.5, 0.6) is 0 Å². The lowest BCUT2D eigenvalue weighted by molar-refractivity contribution is -0.139. The largest absolute Gasteiger partial charge is 0.481 e. The molecule has 0 rings (SSSR count). The van der Waals surface area contributed by atoms with Gasteiger partial charge in [-0.05, 0) is 26.2 Å². The molecule has 5 heteroatoms. The molecule has 0 radical (unpaired) electrons. The third kappa shape index (κ3) is 8.08. The van der Waals surface area contributed by atoms with E-state index in [4.69, 9.17) is 5.11 Å². The molecule has 0 heterocycles. The Balaban J connectivity index is 4.05. The maximum atomic E-state index is 11.4. The third-order valence-electron chi connectivity index (χ3n) is 1.85. The number of carboxylic acids is 1. The van der Waals surface area contributed by atoms with Gasteiger partial charge in [-0.15, -0.1) is 0 Å². The van der Waals surface area contributed by atoms with Crippen molar-refractivity contribution >= 4 is 12.0 Å². The first-order chi connectivity index (χ1) is 7.02. The minimum absolute atomic E-state index is 0.0306. The van der Waals surface area contributed by atoms with Crippen LogP contribution in [0, 0.1) is 5.41 Å². The smallest absolute Gasteiger partial charge is 0.315 e. The van der Waals surface area contributed by atoms with E-state index in [1.807, 2.05) is 20.8 Å². The third-order valence-corrected chi connectivity index (χ3v) is 1.85. The van der Waals surface area contributed by atoms with Crippen molar-refractivity contribution in [3.8, 4) is 0 Å². The first kappa shape index (κ1) is 14.7. The molecule has 94 valence electrons. The summed E-state index contributed by atoms with van der Waals surface area (Å²) >= 11 is 0. The average Bonchev–Trinajstić information content (AvgIpc) is 1.95. The number of urea groups is 1. The van der Waals surface area contributed by atoms with Gasteiger partial charge < -0.3 is 15.7 Å². The minimum Gasteiger partial charge on any atom is -0.481 e. The molecule has 0 bridgehead atoms. The zero-order valence-corrected chi connectivity index (χ0v) is 10.7. The Morgan fingerprint density at radius 1 is 1.12 bits per heavy atom. The monoisotopic (exact) mass is 230 g/mol. The van der Waals surface area contributed by atoms with Crippen LogP contribution in [-0.2, 0) is 4.79 Å². The maximum Gasteiger partial charge on any atom is 0.315 e. The highest BCUT2D eigenvalue weighted by Gasteiger charge is 2.23. The van der Waals surface area contributed by atoms with Gasteiger partial charge in [0.05, 0.1) is 6.42 Å². The summed E-state index contributed by atoms with van der Waals surface area (Å²) in [6.07, 6.45) is 0.0306. The number of carboxylic acid groups (broad SMARTS) is 1. The summed E-state index contributed by atoms with van der Waals surface area (Å²) in [4.78, 5) is 22.0. The predicted molar refractivity (Wildman–Crippen MR) is 62.3 cm³/mol.